The van der Waals surface area contributed by atoms with Gasteiger partial charge >= 0.3 is 5.97 Å². The second-order valence-corrected chi connectivity index (χ2v) is 9.61. The molecule has 0 aliphatic carbocycles. The zero-order valence-corrected chi connectivity index (χ0v) is 19.7. The van der Waals surface area contributed by atoms with Gasteiger partial charge in [0.15, 0.2) is 6.61 Å². The first-order valence-corrected chi connectivity index (χ1v) is 11.9. The molecule has 32 heavy (non-hydrogen) atoms. The predicted octanol–water partition coefficient (Wildman–Crippen LogP) is 0.546. The average molecular weight is 470 g/mol. The summed E-state index contributed by atoms with van der Waals surface area (Å²) in [5.41, 5.74) is 0.522. The molecule has 1 N–H and O–H groups in total. The number of carbonyl (C=O) groups excluding carboxylic acids is 3. The number of benzene rings is 1. The van der Waals surface area contributed by atoms with Crippen LogP contribution in [0.3, 0.4) is 0 Å². The third-order valence-corrected chi connectivity index (χ3v) is 6.90. The number of ether oxygens (including phenoxy) is 2. The van der Waals surface area contributed by atoms with E-state index in [0.29, 0.717) is 18.8 Å². The van der Waals surface area contributed by atoms with Gasteiger partial charge in [-0.1, -0.05) is 6.07 Å². The summed E-state index contributed by atoms with van der Waals surface area (Å²) < 4.78 is 37.6. The van der Waals surface area contributed by atoms with Crippen LogP contribution in [-0.4, -0.2) is 87.4 Å². The molecule has 0 unspecified atom stereocenters. The first kappa shape index (κ1) is 25.8. The lowest BCUT2D eigenvalue weighted by Crippen LogP contribution is -2.44. The molecule has 1 saturated heterocycles. The fourth-order valence-electron chi connectivity index (χ4n) is 3.15. The van der Waals surface area contributed by atoms with E-state index in [9.17, 15) is 22.8 Å². The molecule has 1 fully saturated rings. The molecule has 1 aliphatic heterocycles. The maximum Gasteiger partial charge on any atom is 0.338 e. The fraction of sp³-hybridized carbons (Fsp3) is 0.571. The van der Waals surface area contributed by atoms with Crippen molar-refractivity contribution in [3.63, 3.8) is 0 Å². The van der Waals surface area contributed by atoms with Gasteiger partial charge < -0.3 is 19.7 Å². The molecule has 2 amide bonds. The molecule has 0 atom stereocenters. The maximum atomic E-state index is 13.0. The summed E-state index contributed by atoms with van der Waals surface area (Å²) in [6.07, 6.45) is 0. The van der Waals surface area contributed by atoms with Crippen molar-refractivity contribution in [2.75, 3.05) is 46.0 Å². The predicted molar refractivity (Wildman–Crippen MR) is 117 cm³/mol. The van der Waals surface area contributed by atoms with Crippen LogP contribution >= 0.6 is 0 Å². The number of carbonyl (C=O) groups is 3. The van der Waals surface area contributed by atoms with E-state index in [2.05, 4.69) is 5.32 Å². The van der Waals surface area contributed by atoms with Crippen molar-refractivity contribution in [1.82, 2.24) is 14.5 Å². The third kappa shape index (κ3) is 6.75. The van der Waals surface area contributed by atoms with E-state index in [-0.39, 0.29) is 48.6 Å². The molecule has 0 spiro atoms. The van der Waals surface area contributed by atoms with E-state index >= 15 is 0 Å². The smallest absolute Gasteiger partial charge is 0.338 e. The van der Waals surface area contributed by atoms with Crippen molar-refractivity contribution in [2.45, 2.75) is 38.6 Å². The molecule has 1 aromatic rings. The Labute approximate surface area is 188 Å². The summed E-state index contributed by atoms with van der Waals surface area (Å²) in [7, 11) is -3.79. The monoisotopic (exact) mass is 469 g/mol. The van der Waals surface area contributed by atoms with Crippen molar-refractivity contribution in [3.8, 4) is 0 Å². The Bertz CT molecular complexity index is 941. The summed E-state index contributed by atoms with van der Waals surface area (Å²) in [4.78, 5) is 38.1. The highest BCUT2D eigenvalue weighted by Crippen LogP contribution is 2.22. The second-order valence-electron chi connectivity index (χ2n) is 7.70. The van der Waals surface area contributed by atoms with Crippen molar-refractivity contribution in [2.24, 2.45) is 0 Å². The Morgan fingerprint density at radius 3 is 2.47 bits per heavy atom. The SMILES string of the molecule is CCN(CC(=O)NC(C)C)C(=O)COC(=O)c1ccc(C)c(S(=O)(=O)N2CCOCC2)c1. The summed E-state index contributed by atoms with van der Waals surface area (Å²) >= 11 is 0. The van der Waals surface area contributed by atoms with Gasteiger partial charge in [0.25, 0.3) is 5.91 Å². The highest BCUT2D eigenvalue weighted by atomic mass is 32.2. The second kappa shape index (κ2) is 11.4. The summed E-state index contributed by atoms with van der Waals surface area (Å²) in [5, 5.41) is 2.70. The highest BCUT2D eigenvalue weighted by Gasteiger charge is 2.29. The van der Waals surface area contributed by atoms with Gasteiger partial charge in [-0.25, -0.2) is 13.2 Å². The first-order chi connectivity index (χ1) is 15.1. The lowest BCUT2D eigenvalue weighted by Gasteiger charge is -2.26. The van der Waals surface area contributed by atoms with Gasteiger partial charge in [0, 0.05) is 25.7 Å². The van der Waals surface area contributed by atoms with Crippen LogP contribution in [-0.2, 0) is 29.1 Å². The van der Waals surface area contributed by atoms with Crippen molar-refractivity contribution < 1.29 is 32.3 Å². The van der Waals surface area contributed by atoms with Gasteiger partial charge in [0.2, 0.25) is 15.9 Å². The number of esters is 1. The Balaban J connectivity index is 2.06. The van der Waals surface area contributed by atoms with E-state index in [1.807, 2.05) is 13.8 Å². The van der Waals surface area contributed by atoms with Crippen LogP contribution in [0.15, 0.2) is 23.1 Å². The minimum atomic E-state index is -3.79. The number of sulfonamides is 1. The van der Waals surface area contributed by atoms with Crippen LogP contribution in [0.4, 0.5) is 0 Å². The van der Waals surface area contributed by atoms with Crippen molar-refractivity contribution >= 4 is 27.8 Å². The van der Waals surface area contributed by atoms with Crippen LogP contribution in [0.25, 0.3) is 0 Å². The molecule has 1 aromatic carbocycles. The van der Waals surface area contributed by atoms with Gasteiger partial charge in [-0.05, 0) is 45.4 Å². The fourth-order valence-corrected chi connectivity index (χ4v) is 4.81. The lowest BCUT2D eigenvalue weighted by atomic mass is 10.1. The van der Waals surface area contributed by atoms with Crippen LogP contribution < -0.4 is 5.32 Å². The maximum absolute atomic E-state index is 13.0. The first-order valence-electron chi connectivity index (χ1n) is 10.5. The van der Waals surface area contributed by atoms with Gasteiger partial charge in [0.05, 0.1) is 30.2 Å². The van der Waals surface area contributed by atoms with E-state index < -0.39 is 28.5 Å². The Kier molecular flexibility index (Phi) is 9.17. The van der Waals surface area contributed by atoms with E-state index in [0.717, 1.165) is 0 Å². The minimum Gasteiger partial charge on any atom is -0.452 e. The number of likely N-dealkylation sites (N-methyl/N-ethyl adjacent to an activating group) is 1. The average Bonchev–Trinajstić information content (AvgIpc) is 2.75. The minimum absolute atomic E-state index is 0.0146. The number of nitrogens with one attached hydrogen (secondary N) is 1. The van der Waals surface area contributed by atoms with Gasteiger partial charge in [-0.3, -0.25) is 9.59 Å². The molecule has 1 heterocycles. The number of aryl methyl sites for hydroxylation is 1. The van der Waals surface area contributed by atoms with E-state index in [1.54, 1.807) is 13.8 Å². The number of hydrogen-bond donors (Lipinski definition) is 1. The number of morpholine rings is 1. The topological polar surface area (TPSA) is 122 Å². The van der Waals surface area contributed by atoms with E-state index in [4.69, 9.17) is 9.47 Å². The van der Waals surface area contributed by atoms with Crippen LogP contribution in [0.1, 0.15) is 36.7 Å². The molecular weight excluding hydrogens is 438 g/mol. The van der Waals surface area contributed by atoms with Gasteiger partial charge in [-0.2, -0.15) is 4.31 Å². The van der Waals surface area contributed by atoms with Crippen molar-refractivity contribution in [3.05, 3.63) is 29.3 Å². The molecular formula is C21H31N3O7S. The zero-order valence-electron chi connectivity index (χ0n) is 18.9. The Morgan fingerprint density at radius 1 is 1.22 bits per heavy atom. The zero-order chi connectivity index (χ0) is 23.9. The number of nitrogens with zero attached hydrogens (tertiary/aromatic N) is 2. The Hall–Kier alpha value is -2.50. The molecule has 2 rings (SSSR count). The molecule has 0 radical (unpaired) electrons. The number of amides is 2. The van der Waals surface area contributed by atoms with E-state index in [1.165, 1.54) is 27.4 Å². The summed E-state index contributed by atoms with van der Waals surface area (Å²) in [5.74, 6) is -1.65. The molecule has 0 bridgehead atoms. The lowest BCUT2D eigenvalue weighted by molar-refractivity contribution is -0.138. The van der Waals surface area contributed by atoms with Crippen LogP contribution in [0, 0.1) is 6.92 Å². The van der Waals surface area contributed by atoms with Crippen LogP contribution in [0.5, 0.6) is 0 Å². The van der Waals surface area contributed by atoms with Gasteiger partial charge in [0.1, 0.15) is 0 Å². The Morgan fingerprint density at radius 2 is 1.88 bits per heavy atom. The molecule has 1 aliphatic rings. The summed E-state index contributed by atoms with van der Waals surface area (Å²) in [6, 6.07) is 4.19. The van der Waals surface area contributed by atoms with Crippen LogP contribution in [0.2, 0.25) is 0 Å². The molecule has 0 aromatic heterocycles. The standard InChI is InChI=1S/C21H31N3O7S/c1-5-23(13-19(25)22-15(2)3)20(26)14-31-21(27)17-7-6-16(4)18(12-17)32(28,29)24-8-10-30-11-9-24/h6-7,12,15H,5,8-11,13-14H2,1-4H3,(H,22,25). The van der Waals surface area contributed by atoms with Crippen molar-refractivity contribution in [1.29, 1.82) is 0 Å². The third-order valence-electron chi connectivity index (χ3n) is 4.86. The molecule has 0 saturated carbocycles. The number of hydrogen-bond acceptors (Lipinski definition) is 7. The van der Waals surface area contributed by atoms with Gasteiger partial charge in [-0.15, -0.1) is 0 Å². The quantitative estimate of drug-likeness (QED) is 0.524. The summed E-state index contributed by atoms with van der Waals surface area (Å²) in [6.45, 7) is 7.66. The normalized spacial score (nSPS) is 14.8. The molecule has 10 nitrogen and oxygen atoms in total. The largest absolute Gasteiger partial charge is 0.452 e. The highest BCUT2D eigenvalue weighted by molar-refractivity contribution is 7.89. The molecule has 11 heteroatoms. The molecule has 178 valence electrons. The number of rotatable bonds is 9.